The summed E-state index contributed by atoms with van der Waals surface area (Å²) in [6, 6.07) is 4.39. The third kappa shape index (κ3) is 5.63. The van der Waals surface area contributed by atoms with Crippen molar-refractivity contribution in [2.24, 2.45) is 0 Å². The van der Waals surface area contributed by atoms with Crippen LogP contribution in [0.2, 0.25) is 0 Å². The van der Waals surface area contributed by atoms with E-state index in [4.69, 9.17) is 9.97 Å². The van der Waals surface area contributed by atoms with E-state index in [2.05, 4.69) is 22.2 Å². The number of halogens is 3. The Labute approximate surface area is 200 Å². The monoisotopic (exact) mass is 492 g/mol. The lowest BCUT2D eigenvalue weighted by Gasteiger charge is -2.28. The minimum Gasteiger partial charge on any atom is -0.356 e. The zero-order valence-electron chi connectivity index (χ0n) is 18.9. The van der Waals surface area contributed by atoms with Crippen LogP contribution >= 0.6 is 11.8 Å². The van der Waals surface area contributed by atoms with Crippen molar-refractivity contribution in [2.75, 3.05) is 30.3 Å². The van der Waals surface area contributed by atoms with Gasteiger partial charge in [-0.15, -0.1) is 0 Å². The number of carbonyl (C=O) groups excluding carboxylic acids is 1. The van der Waals surface area contributed by atoms with Crippen LogP contribution in [0.3, 0.4) is 0 Å². The zero-order valence-corrected chi connectivity index (χ0v) is 19.8. The highest BCUT2D eigenvalue weighted by atomic mass is 32.2. The summed E-state index contributed by atoms with van der Waals surface area (Å²) in [6.45, 7) is 4.54. The van der Waals surface area contributed by atoms with Gasteiger partial charge in [0.1, 0.15) is 5.82 Å². The van der Waals surface area contributed by atoms with Crippen molar-refractivity contribution >= 4 is 34.5 Å². The molecular weight excluding hydrogens is 465 g/mol. The van der Waals surface area contributed by atoms with Gasteiger partial charge in [0, 0.05) is 31.0 Å². The Morgan fingerprint density at radius 3 is 2.71 bits per heavy atom. The number of benzene rings is 1. The second-order valence-corrected chi connectivity index (χ2v) is 9.23. The molecule has 1 aliphatic heterocycles. The summed E-state index contributed by atoms with van der Waals surface area (Å²) in [5, 5.41) is 8.71. The predicted octanol–water partition coefficient (Wildman–Crippen LogP) is 4.77. The lowest BCUT2D eigenvalue weighted by Crippen LogP contribution is -2.30. The lowest BCUT2D eigenvalue weighted by molar-refractivity contribution is -0.137. The Hall–Kier alpha value is -2.82. The second kappa shape index (κ2) is 10.6. The molecule has 3 aromatic rings. The summed E-state index contributed by atoms with van der Waals surface area (Å²) >= 11 is 1.60. The van der Waals surface area contributed by atoms with Crippen LogP contribution in [0.25, 0.3) is 11.0 Å². The van der Waals surface area contributed by atoms with Crippen LogP contribution in [0.1, 0.15) is 48.5 Å². The molecule has 0 aliphatic carbocycles. The molecule has 1 saturated heterocycles. The zero-order chi connectivity index (χ0) is 24.1. The van der Waals surface area contributed by atoms with Crippen molar-refractivity contribution < 1.29 is 18.0 Å². The molecule has 0 saturated carbocycles. The van der Waals surface area contributed by atoms with Crippen LogP contribution < -0.4 is 10.2 Å². The van der Waals surface area contributed by atoms with E-state index in [0.717, 1.165) is 61.4 Å². The number of amides is 1. The standard InChI is InChI=1S/C23H27F3N6OS/c1-2-13-34-22-29-19(31-10-4-3-5-11-31)18-15-28-32(20(18)30-22)12-9-27-21(33)16-7-6-8-17(14-16)23(24,25)26/h6-8,14-15H,2-5,9-13H2,1H3,(H,27,33). The average molecular weight is 493 g/mol. The Balaban J connectivity index is 1.50. The van der Waals surface area contributed by atoms with Crippen LogP contribution in [0.15, 0.2) is 35.6 Å². The number of anilines is 1. The molecule has 1 amide bonds. The number of thioether (sulfide) groups is 1. The van der Waals surface area contributed by atoms with Crippen molar-refractivity contribution in [1.29, 1.82) is 0 Å². The molecule has 182 valence electrons. The van der Waals surface area contributed by atoms with Crippen molar-refractivity contribution in [1.82, 2.24) is 25.1 Å². The minimum atomic E-state index is -4.50. The Morgan fingerprint density at radius 2 is 1.97 bits per heavy atom. The van der Waals surface area contributed by atoms with E-state index >= 15 is 0 Å². The fraction of sp³-hybridized carbons (Fsp3) is 0.478. The number of hydrogen-bond donors (Lipinski definition) is 1. The number of rotatable bonds is 8. The number of nitrogens with zero attached hydrogens (tertiary/aromatic N) is 5. The van der Waals surface area contributed by atoms with E-state index in [1.54, 1.807) is 22.6 Å². The molecule has 7 nitrogen and oxygen atoms in total. The van der Waals surface area contributed by atoms with Crippen LogP contribution in [-0.2, 0) is 12.7 Å². The summed E-state index contributed by atoms with van der Waals surface area (Å²) < 4.78 is 40.5. The number of nitrogens with one attached hydrogen (secondary N) is 1. The molecule has 2 aromatic heterocycles. The summed E-state index contributed by atoms with van der Waals surface area (Å²) in [7, 11) is 0. The van der Waals surface area contributed by atoms with Gasteiger partial charge in [0.2, 0.25) is 0 Å². The first kappa shape index (κ1) is 24.3. The summed E-state index contributed by atoms with van der Waals surface area (Å²) in [5.74, 6) is 1.24. The van der Waals surface area contributed by atoms with Gasteiger partial charge in [-0.05, 0) is 43.9 Å². The Bertz CT molecular complexity index is 1140. The molecule has 3 heterocycles. The van der Waals surface area contributed by atoms with Gasteiger partial charge in [-0.2, -0.15) is 18.3 Å². The van der Waals surface area contributed by atoms with Crippen molar-refractivity contribution in [2.45, 2.75) is 50.5 Å². The number of carbonyl (C=O) groups is 1. The number of piperidine rings is 1. The minimum absolute atomic E-state index is 0.0342. The van der Waals surface area contributed by atoms with Gasteiger partial charge in [0.05, 0.1) is 23.7 Å². The maximum absolute atomic E-state index is 12.9. The second-order valence-electron chi connectivity index (χ2n) is 8.17. The number of fused-ring (bicyclic) bond motifs is 1. The van der Waals surface area contributed by atoms with E-state index in [1.807, 2.05) is 0 Å². The first-order chi connectivity index (χ1) is 16.4. The molecule has 0 bridgehead atoms. The Morgan fingerprint density at radius 1 is 1.18 bits per heavy atom. The van der Waals surface area contributed by atoms with E-state index < -0.39 is 17.6 Å². The van der Waals surface area contributed by atoms with Gasteiger partial charge >= 0.3 is 6.18 Å². The lowest BCUT2D eigenvalue weighted by atomic mass is 10.1. The molecule has 11 heteroatoms. The van der Waals surface area contributed by atoms with Gasteiger partial charge in [0.25, 0.3) is 5.91 Å². The number of aromatic nitrogens is 4. The average Bonchev–Trinajstić information content (AvgIpc) is 3.25. The highest BCUT2D eigenvalue weighted by molar-refractivity contribution is 7.99. The van der Waals surface area contributed by atoms with Gasteiger partial charge in [-0.1, -0.05) is 24.8 Å². The summed E-state index contributed by atoms with van der Waals surface area (Å²) in [5.41, 5.74) is -0.187. The molecule has 1 fully saturated rings. The fourth-order valence-electron chi connectivity index (χ4n) is 3.90. The third-order valence-corrected chi connectivity index (χ3v) is 6.66. The SMILES string of the molecule is CCCSc1nc(N2CCCCC2)c2cnn(CCNC(=O)c3cccc(C(F)(F)F)c3)c2n1. The van der Waals surface area contributed by atoms with Crippen LogP contribution in [0, 0.1) is 0 Å². The maximum Gasteiger partial charge on any atom is 0.416 e. The predicted molar refractivity (Wildman–Crippen MR) is 126 cm³/mol. The van der Waals surface area contributed by atoms with Crippen LogP contribution in [-0.4, -0.2) is 51.0 Å². The summed E-state index contributed by atoms with van der Waals surface area (Å²) in [6.07, 6.45) is 1.72. The molecule has 0 radical (unpaired) electrons. The van der Waals surface area contributed by atoms with Crippen LogP contribution in [0.4, 0.5) is 19.0 Å². The molecule has 1 N–H and O–H groups in total. The normalized spacial score (nSPS) is 14.5. The van der Waals surface area contributed by atoms with E-state index in [1.165, 1.54) is 18.6 Å². The highest BCUT2D eigenvalue weighted by Crippen LogP contribution is 2.30. The first-order valence-electron chi connectivity index (χ1n) is 11.4. The van der Waals surface area contributed by atoms with Crippen molar-refractivity contribution in [3.05, 3.63) is 41.6 Å². The largest absolute Gasteiger partial charge is 0.416 e. The quantitative estimate of drug-likeness (QED) is 0.361. The third-order valence-electron chi connectivity index (χ3n) is 5.61. The van der Waals surface area contributed by atoms with E-state index in [9.17, 15) is 18.0 Å². The number of hydrogen-bond acceptors (Lipinski definition) is 6. The van der Waals surface area contributed by atoms with Gasteiger partial charge in [-0.3, -0.25) is 4.79 Å². The fourth-order valence-corrected chi connectivity index (χ4v) is 4.59. The molecule has 0 unspecified atom stereocenters. The van der Waals surface area contributed by atoms with Gasteiger partial charge in [0.15, 0.2) is 10.8 Å². The van der Waals surface area contributed by atoms with E-state index in [-0.39, 0.29) is 12.1 Å². The summed E-state index contributed by atoms with van der Waals surface area (Å²) in [4.78, 5) is 24.2. The van der Waals surface area contributed by atoms with Crippen molar-refractivity contribution in [3.63, 3.8) is 0 Å². The van der Waals surface area contributed by atoms with Gasteiger partial charge < -0.3 is 10.2 Å². The van der Waals surface area contributed by atoms with Crippen molar-refractivity contribution in [3.8, 4) is 0 Å². The molecule has 34 heavy (non-hydrogen) atoms. The topological polar surface area (TPSA) is 75.9 Å². The molecule has 4 rings (SSSR count). The molecular formula is C23H27F3N6OS. The smallest absolute Gasteiger partial charge is 0.356 e. The maximum atomic E-state index is 12.9. The number of alkyl halides is 3. The molecule has 1 aliphatic rings. The highest BCUT2D eigenvalue weighted by Gasteiger charge is 2.30. The first-order valence-corrected chi connectivity index (χ1v) is 12.4. The van der Waals surface area contributed by atoms with Crippen LogP contribution in [0.5, 0.6) is 0 Å². The molecule has 0 spiro atoms. The molecule has 1 aromatic carbocycles. The van der Waals surface area contributed by atoms with Gasteiger partial charge in [-0.25, -0.2) is 14.6 Å². The molecule has 0 atom stereocenters. The Kier molecular flexibility index (Phi) is 7.60. The van der Waals surface area contributed by atoms with E-state index in [0.29, 0.717) is 17.3 Å².